The number of halogens is 3. The van der Waals surface area contributed by atoms with E-state index in [9.17, 15) is 18.3 Å². The van der Waals surface area contributed by atoms with Crippen molar-refractivity contribution in [2.45, 2.75) is 34.9 Å². The number of carbonyl (C=O) groups is 1. The van der Waals surface area contributed by atoms with Crippen molar-refractivity contribution in [3.05, 3.63) is 59.2 Å². The fourth-order valence-corrected chi connectivity index (χ4v) is 4.32. The Hall–Kier alpha value is -2.08. The number of hydrogen-bond donors (Lipinski definition) is 4. The molecule has 0 atom stereocenters. The van der Waals surface area contributed by atoms with Gasteiger partial charge in [-0.05, 0) is 48.7 Å². The van der Waals surface area contributed by atoms with Gasteiger partial charge in [0.2, 0.25) is 13.8 Å². The van der Waals surface area contributed by atoms with Crippen LogP contribution < -0.4 is 11.1 Å². The fourth-order valence-electron chi connectivity index (χ4n) is 2.88. The maximum Gasteiger partial charge on any atom is 0.412 e. The van der Waals surface area contributed by atoms with E-state index < -0.39 is 43.0 Å². The molecule has 13 heteroatoms. The Bertz CT molecular complexity index is 1140. The first kappa shape index (κ1) is 31.9. The Morgan fingerprint density at radius 3 is 2.28 bits per heavy atom. The van der Waals surface area contributed by atoms with Crippen LogP contribution >= 0.6 is 34.8 Å². The molecule has 0 unspecified atom stereocenters. The molecule has 0 aromatic heterocycles. The molecular formula is C23H31Cl3N4O5S. The Labute approximate surface area is 227 Å². The van der Waals surface area contributed by atoms with Crippen molar-refractivity contribution in [2.24, 2.45) is 5.73 Å². The number of amidine groups is 1. The molecule has 1 amide bonds. The van der Waals surface area contributed by atoms with Crippen molar-refractivity contribution in [3.8, 4) is 5.75 Å². The van der Waals surface area contributed by atoms with Crippen molar-refractivity contribution >= 4 is 56.8 Å². The van der Waals surface area contributed by atoms with Crippen molar-refractivity contribution in [3.63, 3.8) is 0 Å². The minimum absolute atomic E-state index is 0.0277. The molecule has 5 N–H and O–H groups in total. The molecule has 36 heavy (non-hydrogen) atoms. The smallest absolute Gasteiger partial charge is 0.412 e. The number of likely N-dealkylation sites (N-methyl/N-ethyl adjacent to an activating group) is 1. The number of benzene rings is 2. The summed E-state index contributed by atoms with van der Waals surface area (Å²) < 4.78 is 30.1. The van der Waals surface area contributed by atoms with Gasteiger partial charge < -0.3 is 15.6 Å². The van der Waals surface area contributed by atoms with E-state index in [-0.39, 0.29) is 12.1 Å². The molecule has 0 radical (unpaired) electrons. The number of sulfonamides is 1. The molecule has 2 aromatic rings. The first-order valence-electron chi connectivity index (χ1n) is 10.8. The second-order valence-electron chi connectivity index (χ2n) is 7.85. The lowest BCUT2D eigenvalue weighted by Crippen LogP contribution is -2.33. The predicted molar refractivity (Wildman–Crippen MR) is 144 cm³/mol. The van der Waals surface area contributed by atoms with Crippen LogP contribution in [0, 0.1) is 5.41 Å². The Morgan fingerprint density at radius 1 is 1.17 bits per heavy atom. The molecule has 0 aliphatic heterocycles. The van der Waals surface area contributed by atoms with E-state index >= 15 is 0 Å². The second kappa shape index (κ2) is 14.0. The number of rotatable bonds is 8. The van der Waals surface area contributed by atoms with Gasteiger partial charge in [-0.3, -0.25) is 10.7 Å². The maximum absolute atomic E-state index is 13.1. The summed E-state index contributed by atoms with van der Waals surface area (Å²) in [7, 11) is -1.18. The average Bonchev–Trinajstić information content (AvgIpc) is 2.82. The highest BCUT2D eigenvalue weighted by molar-refractivity contribution is 7.89. The Kier molecular flexibility index (Phi) is 12.4. The summed E-state index contributed by atoms with van der Waals surface area (Å²) in [6, 6.07) is 11.5. The number of nitrogens with two attached hydrogens (primary N) is 1. The normalized spacial score (nSPS) is 11.6. The van der Waals surface area contributed by atoms with E-state index in [0.717, 1.165) is 22.0 Å². The average molecular weight is 582 g/mol. The molecule has 0 bridgehead atoms. The van der Waals surface area contributed by atoms with E-state index in [0.29, 0.717) is 12.3 Å². The quantitative estimate of drug-likeness (QED) is 0.207. The topological polar surface area (TPSA) is 146 Å². The van der Waals surface area contributed by atoms with E-state index in [2.05, 4.69) is 29.6 Å². The molecular weight excluding hydrogens is 551 g/mol. The number of carbonyl (C=O) groups excluding carboxylic acids is 1. The van der Waals surface area contributed by atoms with Crippen LogP contribution in [0.1, 0.15) is 36.5 Å². The fraction of sp³-hybridized carbons (Fsp3) is 0.391. The van der Waals surface area contributed by atoms with Crippen molar-refractivity contribution < 1.29 is 23.1 Å². The number of nitrogens with zero attached hydrogens (tertiary/aromatic N) is 1. The van der Waals surface area contributed by atoms with E-state index in [4.69, 9.17) is 40.2 Å². The van der Waals surface area contributed by atoms with Crippen molar-refractivity contribution in [1.29, 1.82) is 5.41 Å². The third-order valence-electron chi connectivity index (χ3n) is 4.89. The van der Waals surface area contributed by atoms with Crippen LogP contribution in [-0.4, -0.2) is 60.8 Å². The highest BCUT2D eigenvalue weighted by Crippen LogP contribution is 2.27. The molecule has 200 valence electrons. The van der Waals surface area contributed by atoms with Crippen LogP contribution in [-0.2, 0) is 21.2 Å². The third-order valence-corrected chi connectivity index (χ3v) is 7.11. The first-order valence-corrected chi connectivity index (χ1v) is 13.3. The lowest BCUT2D eigenvalue weighted by atomic mass is 10.0. The minimum atomic E-state index is -4.09. The van der Waals surface area contributed by atoms with Crippen molar-refractivity contribution in [2.75, 3.05) is 27.2 Å². The summed E-state index contributed by atoms with van der Waals surface area (Å²) >= 11 is 16.5. The molecule has 9 nitrogen and oxygen atoms in total. The minimum Gasteiger partial charge on any atom is -0.507 e. The van der Waals surface area contributed by atoms with Gasteiger partial charge in [-0.15, -0.1) is 0 Å². The highest BCUT2D eigenvalue weighted by atomic mass is 35.6. The summed E-state index contributed by atoms with van der Waals surface area (Å²) in [5, 5.41) is 20.3. The van der Waals surface area contributed by atoms with Gasteiger partial charge in [0.05, 0.1) is 0 Å². The summed E-state index contributed by atoms with van der Waals surface area (Å²) in [5.41, 5.74) is 6.70. The molecule has 2 rings (SSSR count). The Balaban J connectivity index is 0.00000316. The zero-order chi connectivity index (χ0) is 27.7. The number of alkyl halides is 3. The molecule has 0 spiro atoms. The van der Waals surface area contributed by atoms with Crippen LogP contribution in [0.4, 0.5) is 4.79 Å². The number of phenols is 1. The molecule has 0 fully saturated rings. The summed E-state index contributed by atoms with van der Waals surface area (Å²) in [6.45, 7) is 3.82. The molecule has 0 saturated heterocycles. The van der Waals surface area contributed by atoms with Gasteiger partial charge in [-0.2, -0.15) is 0 Å². The number of hydrogen-bond acceptors (Lipinski definition) is 7. The standard InChI is InChI=1S/C22H26Cl3N3O5S.CH5N/c1-14(2)16-6-4-15(5-7-16)10-11-28(3)34(31,32)19-12-17(8-9-18(19)29)20(26)27-21(30)33-13-22(23,24)25;1-2/h4-9,12,14,29H,10-11,13H2,1-3H3,(H2,26,27,30);2H2,1H3. The molecule has 0 aliphatic rings. The van der Waals surface area contributed by atoms with Crippen molar-refractivity contribution in [1.82, 2.24) is 9.62 Å². The van der Waals surface area contributed by atoms with E-state index in [1.165, 1.54) is 25.7 Å². The number of nitrogens with one attached hydrogen (secondary N) is 2. The van der Waals surface area contributed by atoms with Gasteiger partial charge in [0.1, 0.15) is 23.1 Å². The van der Waals surface area contributed by atoms with Crippen LogP contribution in [0.15, 0.2) is 47.4 Å². The molecule has 0 saturated carbocycles. The summed E-state index contributed by atoms with van der Waals surface area (Å²) in [5.74, 6) is -0.542. The molecule has 0 aliphatic carbocycles. The number of ether oxygens (including phenoxy) is 1. The maximum atomic E-state index is 13.1. The van der Waals surface area contributed by atoms with E-state index in [1.807, 2.05) is 24.3 Å². The third kappa shape index (κ3) is 9.76. The largest absolute Gasteiger partial charge is 0.507 e. The van der Waals surface area contributed by atoms with Gasteiger partial charge in [0.15, 0.2) is 0 Å². The van der Waals surface area contributed by atoms with Gasteiger partial charge in [0.25, 0.3) is 0 Å². The van der Waals surface area contributed by atoms with Gasteiger partial charge >= 0.3 is 6.09 Å². The number of aromatic hydroxyl groups is 1. The van der Waals surface area contributed by atoms with Gasteiger partial charge in [-0.25, -0.2) is 17.5 Å². The van der Waals surface area contributed by atoms with Crippen LogP contribution in [0.5, 0.6) is 5.75 Å². The van der Waals surface area contributed by atoms with E-state index in [1.54, 1.807) is 0 Å². The molecule has 2 aromatic carbocycles. The lowest BCUT2D eigenvalue weighted by molar-refractivity contribution is 0.154. The van der Waals surface area contributed by atoms with Crippen LogP contribution in [0.25, 0.3) is 0 Å². The van der Waals surface area contributed by atoms with Gasteiger partial charge in [-0.1, -0.05) is 72.9 Å². The SMILES string of the molecule is CC(C)c1ccc(CCN(C)S(=O)(=O)c2cc(C(=N)NC(=O)OCC(Cl)(Cl)Cl)ccc2O)cc1.CN. The second-order valence-corrected chi connectivity index (χ2v) is 12.4. The lowest BCUT2D eigenvalue weighted by Gasteiger charge is -2.19. The highest BCUT2D eigenvalue weighted by Gasteiger charge is 2.26. The Morgan fingerprint density at radius 2 is 1.75 bits per heavy atom. The number of phenolic OH excluding ortho intramolecular Hbond substituents is 1. The number of alkyl carbamates (subject to hydrolysis) is 1. The predicted octanol–water partition coefficient (Wildman–Crippen LogP) is 4.38. The van der Waals surface area contributed by atoms with Gasteiger partial charge in [0, 0.05) is 19.2 Å². The first-order chi connectivity index (χ1) is 16.7. The molecule has 0 heterocycles. The van der Waals surface area contributed by atoms with Crippen LogP contribution in [0.3, 0.4) is 0 Å². The van der Waals surface area contributed by atoms with Crippen LogP contribution in [0.2, 0.25) is 0 Å². The zero-order valence-electron chi connectivity index (χ0n) is 20.4. The summed E-state index contributed by atoms with van der Waals surface area (Å²) in [4.78, 5) is 11.4. The monoisotopic (exact) mass is 580 g/mol. The summed E-state index contributed by atoms with van der Waals surface area (Å²) in [6.07, 6.45) is -0.588. The number of amides is 1. The zero-order valence-corrected chi connectivity index (χ0v) is 23.5.